The van der Waals surface area contributed by atoms with Crippen molar-refractivity contribution >= 4 is 5.91 Å². The molecule has 1 amide bonds. The minimum Gasteiger partial charge on any atom is -0.376 e. The monoisotopic (exact) mass is 263 g/mol. The third kappa shape index (κ3) is 2.81. The maximum Gasteiger partial charge on any atom is 0.223 e. The number of ether oxygens (including phenoxy) is 1. The first-order valence-electron chi connectivity index (χ1n) is 7.16. The van der Waals surface area contributed by atoms with Crippen molar-refractivity contribution in [2.75, 3.05) is 13.2 Å². The zero-order valence-corrected chi connectivity index (χ0v) is 11.4. The zero-order valence-electron chi connectivity index (χ0n) is 11.4. The Bertz CT molecular complexity index is 463. The first-order chi connectivity index (χ1) is 9.22. The molecule has 0 radical (unpaired) electrons. The highest BCUT2D eigenvalue weighted by Crippen LogP contribution is 2.24. The zero-order chi connectivity index (χ0) is 13.2. The number of nitrogens with one attached hydrogen (secondary N) is 2. The SMILES string of the molecule is Cc1nc2c([nH]1)C[C@H](C(=O)NC[C@@H]1CCCO1)CC2. The second-order valence-electron chi connectivity index (χ2n) is 5.57. The van der Waals surface area contributed by atoms with Crippen LogP contribution in [0.15, 0.2) is 0 Å². The molecule has 2 N–H and O–H groups in total. The van der Waals surface area contributed by atoms with Gasteiger partial charge < -0.3 is 15.0 Å². The maximum atomic E-state index is 12.2. The van der Waals surface area contributed by atoms with Crippen molar-refractivity contribution in [3.63, 3.8) is 0 Å². The first-order valence-corrected chi connectivity index (χ1v) is 7.16. The summed E-state index contributed by atoms with van der Waals surface area (Å²) >= 11 is 0. The molecular weight excluding hydrogens is 242 g/mol. The average molecular weight is 263 g/mol. The molecule has 3 rings (SSSR count). The summed E-state index contributed by atoms with van der Waals surface area (Å²) in [6.45, 7) is 3.45. The predicted octanol–water partition coefficient (Wildman–Crippen LogP) is 1.12. The van der Waals surface area contributed by atoms with Crippen LogP contribution in [0.1, 0.15) is 36.5 Å². The van der Waals surface area contributed by atoms with E-state index in [4.69, 9.17) is 4.74 Å². The lowest BCUT2D eigenvalue weighted by molar-refractivity contribution is -0.125. The fourth-order valence-corrected chi connectivity index (χ4v) is 3.01. The van der Waals surface area contributed by atoms with Crippen molar-refractivity contribution < 1.29 is 9.53 Å². The molecule has 104 valence electrons. The van der Waals surface area contributed by atoms with Gasteiger partial charge in [0.1, 0.15) is 5.82 Å². The van der Waals surface area contributed by atoms with Crippen LogP contribution in [0.5, 0.6) is 0 Å². The van der Waals surface area contributed by atoms with Gasteiger partial charge in [0.25, 0.3) is 0 Å². The number of hydrogen-bond donors (Lipinski definition) is 2. The van der Waals surface area contributed by atoms with Gasteiger partial charge in [-0.05, 0) is 32.6 Å². The van der Waals surface area contributed by atoms with Crippen LogP contribution < -0.4 is 5.32 Å². The van der Waals surface area contributed by atoms with Crippen LogP contribution in [0.2, 0.25) is 0 Å². The molecule has 1 aromatic rings. The predicted molar refractivity (Wildman–Crippen MR) is 70.8 cm³/mol. The van der Waals surface area contributed by atoms with E-state index < -0.39 is 0 Å². The number of aryl methyl sites for hydroxylation is 2. The van der Waals surface area contributed by atoms with Gasteiger partial charge in [0.2, 0.25) is 5.91 Å². The number of fused-ring (bicyclic) bond motifs is 1. The Balaban J connectivity index is 1.53. The Morgan fingerprint density at radius 1 is 1.53 bits per heavy atom. The molecule has 5 heteroatoms. The lowest BCUT2D eigenvalue weighted by Crippen LogP contribution is -2.38. The molecule has 1 aromatic heterocycles. The van der Waals surface area contributed by atoms with Crippen LogP contribution in [0.25, 0.3) is 0 Å². The van der Waals surface area contributed by atoms with Crippen molar-refractivity contribution in [1.29, 1.82) is 0 Å². The van der Waals surface area contributed by atoms with Gasteiger partial charge in [0, 0.05) is 31.2 Å². The largest absolute Gasteiger partial charge is 0.376 e. The summed E-state index contributed by atoms with van der Waals surface area (Å²) in [5, 5.41) is 3.03. The van der Waals surface area contributed by atoms with Gasteiger partial charge in [-0.25, -0.2) is 4.98 Å². The quantitative estimate of drug-likeness (QED) is 0.858. The van der Waals surface area contributed by atoms with Crippen molar-refractivity contribution in [1.82, 2.24) is 15.3 Å². The number of amides is 1. The third-order valence-electron chi connectivity index (χ3n) is 4.06. The number of rotatable bonds is 3. The number of aromatic nitrogens is 2. The second kappa shape index (κ2) is 5.33. The molecule has 0 spiro atoms. The van der Waals surface area contributed by atoms with E-state index in [1.54, 1.807) is 0 Å². The molecule has 1 fully saturated rings. The van der Waals surface area contributed by atoms with Crippen molar-refractivity contribution in [2.45, 2.75) is 45.1 Å². The molecule has 0 saturated carbocycles. The highest BCUT2D eigenvalue weighted by atomic mass is 16.5. The van der Waals surface area contributed by atoms with Crippen LogP contribution in [0.3, 0.4) is 0 Å². The Morgan fingerprint density at radius 2 is 2.42 bits per heavy atom. The van der Waals surface area contributed by atoms with Gasteiger partial charge in [-0.15, -0.1) is 0 Å². The summed E-state index contributed by atoms with van der Waals surface area (Å²) in [6, 6.07) is 0. The van der Waals surface area contributed by atoms with Crippen LogP contribution in [0, 0.1) is 12.8 Å². The smallest absolute Gasteiger partial charge is 0.223 e. The molecule has 2 atom stereocenters. The van der Waals surface area contributed by atoms with Crippen LogP contribution >= 0.6 is 0 Å². The topological polar surface area (TPSA) is 67.0 Å². The van der Waals surface area contributed by atoms with Crippen LogP contribution in [-0.4, -0.2) is 35.1 Å². The van der Waals surface area contributed by atoms with Gasteiger partial charge >= 0.3 is 0 Å². The number of carbonyl (C=O) groups excluding carboxylic acids is 1. The van der Waals surface area contributed by atoms with E-state index in [-0.39, 0.29) is 17.9 Å². The standard InChI is InChI=1S/C14H21N3O2/c1-9-16-12-5-4-10(7-13(12)17-9)14(18)15-8-11-3-2-6-19-11/h10-11H,2-8H2,1H3,(H,15,18)(H,16,17)/t10-,11+/m1/s1. The Morgan fingerprint density at radius 3 is 3.21 bits per heavy atom. The molecule has 1 saturated heterocycles. The molecule has 2 aliphatic rings. The van der Waals surface area contributed by atoms with E-state index in [0.29, 0.717) is 6.54 Å². The third-order valence-corrected chi connectivity index (χ3v) is 4.06. The van der Waals surface area contributed by atoms with Crippen molar-refractivity contribution in [2.24, 2.45) is 5.92 Å². The van der Waals surface area contributed by atoms with Crippen LogP contribution in [-0.2, 0) is 22.4 Å². The van der Waals surface area contributed by atoms with E-state index >= 15 is 0 Å². The fraction of sp³-hybridized carbons (Fsp3) is 0.714. The number of carbonyl (C=O) groups is 1. The number of hydrogen-bond acceptors (Lipinski definition) is 3. The molecule has 1 aliphatic heterocycles. The highest BCUT2D eigenvalue weighted by molar-refractivity contribution is 5.79. The minimum absolute atomic E-state index is 0.0775. The summed E-state index contributed by atoms with van der Waals surface area (Å²) in [5.74, 6) is 1.19. The highest BCUT2D eigenvalue weighted by Gasteiger charge is 2.27. The van der Waals surface area contributed by atoms with Gasteiger partial charge in [-0.1, -0.05) is 0 Å². The summed E-state index contributed by atoms with van der Waals surface area (Å²) in [5.41, 5.74) is 2.28. The number of imidazole rings is 1. The second-order valence-corrected chi connectivity index (χ2v) is 5.57. The van der Waals surface area contributed by atoms with E-state index in [9.17, 15) is 4.79 Å². The Kier molecular flexibility index (Phi) is 3.55. The Labute approximate surface area is 113 Å². The molecular formula is C14H21N3O2. The molecule has 19 heavy (non-hydrogen) atoms. The molecule has 5 nitrogen and oxygen atoms in total. The van der Waals surface area contributed by atoms with E-state index in [1.807, 2.05) is 6.92 Å². The van der Waals surface area contributed by atoms with Crippen molar-refractivity contribution in [3.8, 4) is 0 Å². The number of H-pyrrole nitrogens is 1. The van der Waals surface area contributed by atoms with Gasteiger partial charge in [0.15, 0.2) is 0 Å². The molecule has 0 bridgehead atoms. The molecule has 0 unspecified atom stereocenters. The Hall–Kier alpha value is -1.36. The van der Waals surface area contributed by atoms with Gasteiger partial charge in [0.05, 0.1) is 11.8 Å². The number of aromatic amines is 1. The van der Waals surface area contributed by atoms with E-state index in [2.05, 4.69) is 15.3 Å². The summed E-state index contributed by atoms with van der Waals surface area (Å²) in [6.07, 6.45) is 4.98. The fourth-order valence-electron chi connectivity index (χ4n) is 3.01. The molecule has 0 aromatic carbocycles. The summed E-state index contributed by atoms with van der Waals surface area (Å²) in [7, 11) is 0. The summed E-state index contributed by atoms with van der Waals surface area (Å²) in [4.78, 5) is 19.9. The van der Waals surface area contributed by atoms with Crippen molar-refractivity contribution in [3.05, 3.63) is 17.2 Å². The molecule has 1 aliphatic carbocycles. The summed E-state index contributed by atoms with van der Waals surface area (Å²) < 4.78 is 5.52. The van der Waals surface area contributed by atoms with E-state index in [1.165, 1.54) is 0 Å². The van der Waals surface area contributed by atoms with Gasteiger partial charge in [-0.2, -0.15) is 0 Å². The normalized spacial score (nSPS) is 26.2. The average Bonchev–Trinajstić information content (AvgIpc) is 3.02. The minimum atomic E-state index is 0.0775. The number of nitrogens with zero attached hydrogens (tertiary/aromatic N) is 1. The molecule has 2 heterocycles. The van der Waals surface area contributed by atoms with Crippen LogP contribution in [0.4, 0.5) is 0 Å². The van der Waals surface area contributed by atoms with Gasteiger partial charge in [-0.3, -0.25) is 4.79 Å². The van der Waals surface area contributed by atoms with E-state index in [0.717, 1.165) is 55.9 Å². The first kappa shape index (κ1) is 12.7. The lowest BCUT2D eigenvalue weighted by atomic mass is 9.89. The maximum absolute atomic E-state index is 12.2. The lowest BCUT2D eigenvalue weighted by Gasteiger charge is -2.21.